The molecule has 1 unspecified atom stereocenters. The number of para-hydroxylation sites is 2. The van der Waals surface area contributed by atoms with E-state index in [4.69, 9.17) is 0 Å². The second-order valence-corrected chi connectivity index (χ2v) is 6.06. The van der Waals surface area contributed by atoms with Gasteiger partial charge in [0.05, 0.1) is 29.7 Å². The average Bonchev–Trinajstić information content (AvgIpc) is 3.06. The van der Waals surface area contributed by atoms with Crippen molar-refractivity contribution in [2.45, 2.75) is 24.9 Å². The summed E-state index contributed by atoms with van der Waals surface area (Å²) in [7, 11) is 2.12. The number of hydrogen-bond acceptors (Lipinski definition) is 4. The molecule has 114 valence electrons. The summed E-state index contributed by atoms with van der Waals surface area (Å²) in [6, 6.07) is 8.94. The second kappa shape index (κ2) is 5.57. The molecule has 1 aromatic carbocycles. The van der Waals surface area contributed by atoms with Crippen molar-refractivity contribution < 1.29 is 0 Å². The standard InChI is InChI=1S/C17H21N5/c1-21-16-5-3-2-4-15(16)19-11-17(21)13-10-20-22(12-13)14-6-8-18-9-7-14/h2-5,10-12,14,17-18H,6-9H2,1H3. The lowest BCUT2D eigenvalue weighted by Crippen LogP contribution is -2.29. The van der Waals surface area contributed by atoms with Crippen molar-refractivity contribution in [1.29, 1.82) is 0 Å². The fourth-order valence-electron chi connectivity index (χ4n) is 3.36. The van der Waals surface area contributed by atoms with Gasteiger partial charge in [-0.15, -0.1) is 0 Å². The van der Waals surface area contributed by atoms with Gasteiger partial charge < -0.3 is 10.2 Å². The van der Waals surface area contributed by atoms with Crippen LogP contribution in [0.4, 0.5) is 11.4 Å². The van der Waals surface area contributed by atoms with Gasteiger partial charge >= 0.3 is 0 Å². The number of hydrogen-bond donors (Lipinski definition) is 1. The molecule has 0 radical (unpaired) electrons. The van der Waals surface area contributed by atoms with E-state index >= 15 is 0 Å². The largest absolute Gasteiger partial charge is 0.361 e. The fraction of sp³-hybridized carbons (Fsp3) is 0.412. The molecule has 1 fully saturated rings. The molecule has 0 amide bonds. The molecule has 0 spiro atoms. The monoisotopic (exact) mass is 295 g/mol. The van der Waals surface area contributed by atoms with Crippen molar-refractivity contribution in [2.24, 2.45) is 4.99 Å². The van der Waals surface area contributed by atoms with Gasteiger partial charge in [-0.3, -0.25) is 9.67 Å². The molecule has 4 rings (SSSR count). The van der Waals surface area contributed by atoms with Crippen molar-refractivity contribution in [3.8, 4) is 0 Å². The first-order valence-electron chi connectivity index (χ1n) is 7.94. The summed E-state index contributed by atoms with van der Waals surface area (Å²) in [6.45, 7) is 2.16. The lowest BCUT2D eigenvalue weighted by Gasteiger charge is -2.30. The number of nitrogens with one attached hydrogen (secondary N) is 1. The van der Waals surface area contributed by atoms with E-state index in [1.807, 2.05) is 18.5 Å². The van der Waals surface area contributed by atoms with Crippen LogP contribution in [0.1, 0.15) is 30.5 Å². The minimum atomic E-state index is 0.158. The van der Waals surface area contributed by atoms with E-state index in [1.54, 1.807) is 0 Å². The van der Waals surface area contributed by atoms with Crippen molar-refractivity contribution in [3.63, 3.8) is 0 Å². The van der Waals surface area contributed by atoms with E-state index in [-0.39, 0.29) is 6.04 Å². The summed E-state index contributed by atoms with van der Waals surface area (Å²) >= 11 is 0. The number of benzene rings is 1. The van der Waals surface area contributed by atoms with E-state index in [2.05, 4.69) is 56.4 Å². The zero-order valence-corrected chi connectivity index (χ0v) is 12.8. The number of aliphatic imine (C=N–C) groups is 1. The van der Waals surface area contributed by atoms with Gasteiger partial charge in [0, 0.05) is 25.0 Å². The highest BCUT2D eigenvalue weighted by Crippen LogP contribution is 2.36. The molecule has 0 aliphatic carbocycles. The van der Waals surface area contributed by atoms with Gasteiger partial charge in [0.2, 0.25) is 0 Å². The molecule has 22 heavy (non-hydrogen) atoms. The van der Waals surface area contributed by atoms with E-state index in [0.717, 1.165) is 31.6 Å². The minimum Gasteiger partial charge on any atom is -0.361 e. The van der Waals surface area contributed by atoms with Crippen molar-refractivity contribution in [2.75, 3.05) is 25.0 Å². The Morgan fingerprint density at radius 3 is 2.86 bits per heavy atom. The second-order valence-electron chi connectivity index (χ2n) is 6.06. The smallest absolute Gasteiger partial charge is 0.0925 e. The molecular formula is C17H21N5. The van der Waals surface area contributed by atoms with Crippen LogP contribution < -0.4 is 10.2 Å². The highest BCUT2D eigenvalue weighted by Gasteiger charge is 2.24. The molecule has 5 heteroatoms. The number of fused-ring (bicyclic) bond motifs is 1. The number of anilines is 1. The van der Waals surface area contributed by atoms with Crippen LogP contribution in [-0.2, 0) is 0 Å². The summed E-state index contributed by atoms with van der Waals surface area (Å²) in [5.74, 6) is 0. The molecule has 2 aromatic rings. The molecule has 1 N–H and O–H groups in total. The van der Waals surface area contributed by atoms with Gasteiger partial charge in [0.25, 0.3) is 0 Å². The molecule has 0 saturated carbocycles. The zero-order valence-electron chi connectivity index (χ0n) is 12.8. The van der Waals surface area contributed by atoms with Crippen molar-refractivity contribution in [1.82, 2.24) is 15.1 Å². The summed E-state index contributed by atoms with van der Waals surface area (Å²) in [5.41, 5.74) is 3.41. The van der Waals surface area contributed by atoms with Crippen LogP contribution in [0.2, 0.25) is 0 Å². The first-order valence-corrected chi connectivity index (χ1v) is 7.94. The lowest BCUT2D eigenvalue weighted by molar-refractivity contribution is 0.343. The van der Waals surface area contributed by atoms with Crippen LogP contribution in [0, 0.1) is 0 Å². The lowest BCUT2D eigenvalue weighted by atomic mass is 10.1. The van der Waals surface area contributed by atoms with Gasteiger partial charge in [-0.2, -0.15) is 5.10 Å². The predicted molar refractivity (Wildman–Crippen MR) is 89.1 cm³/mol. The van der Waals surface area contributed by atoms with Gasteiger partial charge in [0.15, 0.2) is 0 Å². The highest BCUT2D eigenvalue weighted by atomic mass is 15.3. The third-order valence-corrected chi connectivity index (χ3v) is 4.68. The first kappa shape index (κ1) is 13.5. The van der Waals surface area contributed by atoms with Crippen LogP contribution in [0.3, 0.4) is 0 Å². The highest BCUT2D eigenvalue weighted by molar-refractivity contribution is 5.84. The van der Waals surface area contributed by atoms with E-state index < -0.39 is 0 Å². The molecule has 2 aliphatic rings. The third-order valence-electron chi connectivity index (χ3n) is 4.68. The molecule has 1 saturated heterocycles. The van der Waals surface area contributed by atoms with E-state index in [1.165, 1.54) is 11.3 Å². The quantitative estimate of drug-likeness (QED) is 0.926. The fourth-order valence-corrected chi connectivity index (χ4v) is 3.36. The Labute approximate surface area is 130 Å². The Hall–Kier alpha value is -2.14. The normalized spacial score (nSPS) is 21.9. The number of rotatable bonds is 2. The maximum atomic E-state index is 4.61. The summed E-state index contributed by atoms with van der Waals surface area (Å²) in [5, 5.41) is 8.01. The number of nitrogens with zero attached hydrogens (tertiary/aromatic N) is 4. The predicted octanol–water partition coefficient (Wildman–Crippen LogP) is 2.70. The topological polar surface area (TPSA) is 45.5 Å². The van der Waals surface area contributed by atoms with E-state index in [9.17, 15) is 0 Å². The summed E-state index contributed by atoms with van der Waals surface area (Å²) < 4.78 is 2.14. The van der Waals surface area contributed by atoms with Crippen LogP contribution >= 0.6 is 0 Å². The average molecular weight is 295 g/mol. The first-order chi connectivity index (χ1) is 10.8. The van der Waals surface area contributed by atoms with Gasteiger partial charge in [-0.05, 0) is 38.1 Å². The summed E-state index contributed by atoms with van der Waals surface area (Å²) in [6.07, 6.45) is 8.50. The van der Waals surface area contributed by atoms with Gasteiger partial charge in [-0.1, -0.05) is 12.1 Å². The zero-order chi connectivity index (χ0) is 14.9. The van der Waals surface area contributed by atoms with Crippen molar-refractivity contribution >= 4 is 17.6 Å². The van der Waals surface area contributed by atoms with Crippen LogP contribution in [0.15, 0.2) is 41.7 Å². The Bertz CT molecular complexity index is 684. The van der Waals surface area contributed by atoms with E-state index in [0.29, 0.717) is 6.04 Å². The minimum absolute atomic E-state index is 0.158. The molecule has 1 atom stereocenters. The van der Waals surface area contributed by atoms with Crippen LogP contribution in [0.25, 0.3) is 0 Å². The number of piperidine rings is 1. The molecule has 2 aliphatic heterocycles. The molecular weight excluding hydrogens is 274 g/mol. The maximum absolute atomic E-state index is 4.61. The molecule has 1 aromatic heterocycles. The van der Waals surface area contributed by atoms with Gasteiger partial charge in [0.1, 0.15) is 0 Å². The van der Waals surface area contributed by atoms with Gasteiger partial charge in [-0.25, -0.2) is 0 Å². The Kier molecular flexibility index (Phi) is 3.42. The van der Waals surface area contributed by atoms with Crippen LogP contribution in [0.5, 0.6) is 0 Å². The molecule has 0 bridgehead atoms. The molecule has 3 heterocycles. The Morgan fingerprint density at radius 2 is 2.00 bits per heavy atom. The maximum Gasteiger partial charge on any atom is 0.0925 e. The molecule has 5 nitrogen and oxygen atoms in total. The number of aromatic nitrogens is 2. The third kappa shape index (κ3) is 2.31. The summed E-state index contributed by atoms with van der Waals surface area (Å²) in [4.78, 5) is 6.88. The Balaban J connectivity index is 1.59. The van der Waals surface area contributed by atoms with Crippen molar-refractivity contribution in [3.05, 3.63) is 42.2 Å². The van der Waals surface area contributed by atoms with Crippen LogP contribution in [-0.4, -0.2) is 36.1 Å². The Morgan fingerprint density at radius 1 is 1.18 bits per heavy atom. The SMILES string of the molecule is CN1c2ccccc2N=CC1c1cnn(C2CCNCC2)c1.